The summed E-state index contributed by atoms with van der Waals surface area (Å²) in [6.07, 6.45) is -1.72. The number of halogens is 3. The van der Waals surface area contributed by atoms with Crippen LogP contribution >= 0.6 is 0 Å². The van der Waals surface area contributed by atoms with E-state index in [1.807, 2.05) is 0 Å². The summed E-state index contributed by atoms with van der Waals surface area (Å²) in [6.45, 7) is 1.54. The molecule has 40 heavy (non-hydrogen) atoms. The van der Waals surface area contributed by atoms with E-state index in [0.717, 1.165) is 34.2 Å². The van der Waals surface area contributed by atoms with Crippen LogP contribution in [0.15, 0.2) is 57.0 Å². The number of carbonyl (C=O) groups is 1. The van der Waals surface area contributed by atoms with Gasteiger partial charge in [-0.2, -0.15) is 13.2 Å². The van der Waals surface area contributed by atoms with Gasteiger partial charge in [0.2, 0.25) is 0 Å². The van der Waals surface area contributed by atoms with E-state index in [-0.39, 0.29) is 42.3 Å². The summed E-state index contributed by atoms with van der Waals surface area (Å²) in [7, 11) is 1.65. The zero-order chi connectivity index (χ0) is 28.5. The summed E-state index contributed by atoms with van der Waals surface area (Å²) in [4.78, 5) is 53.2. The van der Waals surface area contributed by atoms with E-state index >= 15 is 0 Å². The minimum Gasteiger partial charge on any atom is -0.462 e. The van der Waals surface area contributed by atoms with E-state index in [9.17, 15) is 32.3 Å². The topological polar surface area (TPSA) is 97.2 Å². The summed E-state index contributed by atoms with van der Waals surface area (Å²) in [5, 5.41) is 0. The van der Waals surface area contributed by atoms with Gasteiger partial charge in [0.05, 0.1) is 34.9 Å². The maximum absolute atomic E-state index is 13.9. The second kappa shape index (κ2) is 9.10. The van der Waals surface area contributed by atoms with Gasteiger partial charge in [-0.15, -0.1) is 0 Å². The quantitative estimate of drug-likeness (QED) is 0.351. The van der Waals surface area contributed by atoms with Gasteiger partial charge in [-0.25, -0.2) is 14.4 Å². The van der Waals surface area contributed by atoms with Gasteiger partial charge in [0, 0.05) is 19.3 Å². The van der Waals surface area contributed by atoms with Crippen LogP contribution in [0.1, 0.15) is 65.3 Å². The first kappa shape index (κ1) is 25.9. The van der Waals surface area contributed by atoms with Crippen LogP contribution in [0.25, 0.3) is 16.7 Å². The Morgan fingerprint density at radius 1 is 1.00 bits per heavy atom. The minimum absolute atomic E-state index is 0.00877. The number of fused-ring (bicyclic) bond motifs is 2. The SMILES string of the molecule is CCOC(=O)c1cn(-c2ccc3c(c2)n(C2CC2)c(=O)n3C)c(=O)n(C2CCc3c2cccc3C(F)(F)F)c1=O. The molecule has 1 saturated carbocycles. The number of nitrogens with zero attached hydrogens (tertiary/aromatic N) is 4. The number of imidazole rings is 1. The number of rotatable bonds is 5. The average molecular weight is 555 g/mol. The number of hydrogen-bond donors (Lipinski definition) is 0. The van der Waals surface area contributed by atoms with Crippen LogP contribution in [0, 0.1) is 0 Å². The molecule has 2 aliphatic carbocycles. The van der Waals surface area contributed by atoms with E-state index in [1.54, 1.807) is 36.7 Å². The predicted octanol–water partition coefficient (Wildman–Crippen LogP) is 3.72. The zero-order valence-corrected chi connectivity index (χ0v) is 21.7. The van der Waals surface area contributed by atoms with E-state index in [1.165, 1.54) is 16.7 Å². The van der Waals surface area contributed by atoms with Crippen molar-refractivity contribution in [3.8, 4) is 5.69 Å². The van der Waals surface area contributed by atoms with Crippen molar-refractivity contribution in [2.45, 2.75) is 50.9 Å². The smallest absolute Gasteiger partial charge is 0.416 e. The third-order valence-electron chi connectivity index (χ3n) is 7.73. The monoisotopic (exact) mass is 554 g/mol. The molecule has 0 bridgehead atoms. The lowest BCUT2D eigenvalue weighted by Gasteiger charge is -2.19. The van der Waals surface area contributed by atoms with Crippen LogP contribution in [0.3, 0.4) is 0 Å². The van der Waals surface area contributed by atoms with Crippen LogP contribution in [0.4, 0.5) is 13.2 Å². The summed E-state index contributed by atoms with van der Waals surface area (Å²) in [5.74, 6) is -0.951. The number of alkyl halides is 3. The van der Waals surface area contributed by atoms with Gasteiger partial charge in [-0.1, -0.05) is 12.1 Å². The van der Waals surface area contributed by atoms with Crippen LogP contribution < -0.4 is 16.9 Å². The number of carbonyl (C=O) groups excluding carboxylic acids is 1. The van der Waals surface area contributed by atoms with Crippen molar-refractivity contribution in [3.63, 3.8) is 0 Å². The number of benzene rings is 2. The lowest BCUT2D eigenvalue weighted by atomic mass is 10.0. The maximum atomic E-state index is 13.9. The number of ether oxygens (including phenoxy) is 1. The molecular weight excluding hydrogens is 529 g/mol. The minimum atomic E-state index is -4.60. The molecule has 2 aromatic heterocycles. The molecule has 208 valence electrons. The Labute approximate surface area is 224 Å². The molecule has 1 fully saturated rings. The largest absolute Gasteiger partial charge is 0.462 e. The first-order valence-electron chi connectivity index (χ1n) is 13.0. The third kappa shape index (κ3) is 3.92. The highest BCUT2D eigenvalue weighted by atomic mass is 19.4. The lowest BCUT2D eigenvalue weighted by molar-refractivity contribution is -0.138. The van der Waals surface area contributed by atoms with Crippen molar-refractivity contribution in [1.82, 2.24) is 18.3 Å². The highest BCUT2D eigenvalue weighted by Crippen LogP contribution is 2.41. The number of aromatic nitrogens is 4. The van der Waals surface area contributed by atoms with Gasteiger partial charge >= 0.3 is 23.5 Å². The molecule has 0 N–H and O–H groups in total. The molecule has 0 saturated heterocycles. The Kier molecular flexibility index (Phi) is 5.90. The first-order chi connectivity index (χ1) is 19.0. The molecule has 0 aliphatic heterocycles. The van der Waals surface area contributed by atoms with E-state index in [4.69, 9.17) is 4.74 Å². The van der Waals surface area contributed by atoms with Gasteiger partial charge in [0.1, 0.15) is 5.56 Å². The molecule has 2 heterocycles. The average Bonchev–Trinajstić information content (AvgIpc) is 3.60. The molecule has 1 atom stereocenters. The summed E-state index contributed by atoms with van der Waals surface area (Å²) in [5.41, 5.74) is -1.41. The molecule has 0 radical (unpaired) electrons. The molecule has 6 rings (SSSR count). The van der Waals surface area contributed by atoms with Gasteiger partial charge in [0.15, 0.2) is 0 Å². The maximum Gasteiger partial charge on any atom is 0.416 e. The third-order valence-corrected chi connectivity index (χ3v) is 7.73. The first-order valence-corrected chi connectivity index (χ1v) is 13.0. The molecule has 12 heteroatoms. The van der Waals surface area contributed by atoms with Crippen molar-refractivity contribution < 1.29 is 22.7 Å². The Bertz CT molecular complexity index is 1870. The predicted molar refractivity (Wildman–Crippen MR) is 139 cm³/mol. The number of esters is 1. The van der Waals surface area contributed by atoms with Crippen molar-refractivity contribution in [2.24, 2.45) is 7.05 Å². The Hall–Kier alpha value is -4.35. The van der Waals surface area contributed by atoms with E-state index in [0.29, 0.717) is 16.7 Å². The normalized spacial score (nSPS) is 16.9. The van der Waals surface area contributed by atoms with E-state index < -0.39 is 40.6 Å². The van der Waals surface area contributed by atoms with Crippen molar-refractivity contribution in [2.75, 3.05) is 6.61 Å². The highest BCUT2D eigenvalue weighted by Gasteiger charge is 2.39. The van der Waals surface area contributed by atoms with E-state index in [2.05, 4.69) is 0 Å². The Morgan fingerprint density at radius 3 is 2.42 bits per heavy atom. The van der Waals surface area contributed by atoms with Crippen LogP contribution in [-0.4, -0.2) is 30.8 Å². The molecular formula is C28H25F3N4O5. The molecule has 0 amide bonds. The fourth-order valence-corrected chi connectivity index (χ4v) is 5.74. The van der Waals surface area contributed by atoms with Gasteiger partial charge in [0.25, 0.3) is 5.56 Å². The fraction of sp³-hybridized carbons (Fsp3) is 0.357. The van der Waals surface area contributed by atoms with Crippen molar-refractivity contribution >= 4 is 17.0 Å². The molecule has 0 spiro atoms. The zero-order valence-electron chi connectivity index (χ0n) is 21.7. The van der Waals surface area contributed by atoms with Gasteiger partial charge in [-0.05, 0) is 68.0 Å². The molecule has 4 aromatic rings. The number of aryl methyl sites for hydroxylation is 1. The molecule has 2 aliphatic rings. The summed E-state index contributed by atoms with van der Waals surface area (Å²) >= 11 is 0. The number of hydrogen-bond acceptors (Lipinski definition) is 5. The Morgan fingerprint density at radius 2 is 1.75 bits per heavy atom. The van der Waals surface area contributed by atoms with Gasteiger partial charge in [-0.3, -0.25) is 23.1 Å². The Balaban J connectivity index is 1.59. The summed E-state index contributed by atoms with van der Waals surface area (Å²) < 4.78 is 51.3. The fourth-order valence-electron chi connectivity index (χ4n) is 5.74. The second-order valence-corrected chi connectivity index (χ2v) is 10.1. The standard InChI is InChI=1S/C28H25F3N4O5/c1-3-40-25(37)19-14-33(16-9-11-22-23(13-16)34(15-7-8-15)26(38)32(22)2)27(39)35(24(19)36)21-12-10-17-18(21)5-4-6-20(17)28(29,30)31/h4-6,9,11,13-15,21H,3,7-8,10,12H2,1-2H3. The van der Waals surface area contributed by atoms with Crippen LogP contribution in [0.2, 0.25) is 0 Å². The summed E-state index contributed by atoms with van der Waals surface area (Å²) in [6, 6.07) is 7.65. The molecule has 1 unspecified atom stereocenters. The molecule has 2 aromatic carbocycles. The van der Waals surface area contributed by atoms with Crippen molar-refractivity contribution in [3.05, 3.63) is 96.2 Å². The lowest BCUT2D eigenvalue weighted by Crippen LogP contribution is -2.44. The van der Waals surface area contributed by atoms with Crippen LogP contribution in [-0.2, 0) is 24.4 Å². The van der Waals surface area contributed by atoms with Crippen molar-refractivity contribution in [1.29, 1.82) is 0 Å². The molecule has 9 nitrogen and oxygen atoms in total. The highest BCUT2D eigenvalue weighted by molar-refractivity contribution is 5.88. The second-order valence-electron chi connectivity index (χ2n) is 10.1. The van der Waals surface area contributed by atoms with Gasteiger partial charge < -0.3 is 4.74 Å². The van der Waals surface area contributed by atoms with Crippen LogP contribution in [0.5, 0.6) is 0 Å².